The van der Waals surface area contributed by atoms with Gasteiger partial charge in [0.15, 0.2) is 0 Å². The van der Waals surface area contributed by atoms with Gasteiger partial charge in [-0.1, -0.05) is 37.1 Å². The maximum absolute atomic E-state index is 2.94. The van der Waals surface area contributed by atoms with E-state index >= 15 is 0 Å². The maximum Gasteiger partial charge on any atom is 0.00277 e. The minimum atomic E-state index is 1.17. The molecule has 0 saturated carbocycles. The fraction of sp³-hybridized carbons (Fsp3) is 0.455. The smallest absolute Gasteiger partial charge is 0.00277 e. The fourth-order valence-corrected chi connectivity index (χ4v) is 0.788. The van der Waals surface area contributed by atoms with Crippen LogP contribution in [0, 0.1) is 0 Å². The van der Waals surface area contributed by atoms with Crippen LogP contribution in [0.25, 0.3) is 0 Å². The summed E-state index contributed by atoms with van der Waals surface area (Å²) in [5.41, 5.74) is 1.29. The van der Waals surface area contributed by atoms with Gasteiger partial charge >= 0.3 is 0 Å². The van der Waals surface area contributed by atoms with Crippen LogP contribution in [-0.4, -0.2) is 7.05 Å². The highest BCUT2D eigenvalue weighted by molar-refractivity contribution is 5.21. The van der Waals surface area contributed by atoms with Crippen LogP contribution in [0.5, 0.6) is 0 Å². The van der Waals surface area contributed by atoms with Crippen molar-refractivity contribution in [3.8, 4) is 0 Å². The summed E-state index contributed by atoms with van der Waals surface area (Å²) in [6, 6.07) is 0. The van der Waals surface area contributed by atoms with E-state index in [9.17, 15) is 0 Å². The van der Waals surface area contributed by atoms with E-state index in [2.05, 4.69) is 37.4 Å². The third-order valence-electron chi connectivity index (χ3n) is 1.46. The molecule has 0 aromatic rings. The van der Waals surface area contributed by atoms with Gasteiger partial charge in [-0.3, -0.25) is 0 Å². The van der Waals surface area contributed by atoms with E-state index in [1.165, 1.54) is 18.4 Å². The Balaban J connectivity index is 3.76. The molecule has 1 N–H and O–H groups in total. The highest BCUT2D eigenvalue weighted by atomic mass is 14.8. The van der Waals surface area contributed by atoms with Crippen molar-refractivity contribution in [3.05, 3.63) is 36.1 Å². The van der Waals surface area contributed by atoms with Crippen LogP contribution in [0.15, 0.2) is 36.1 Å². The number of rotatable bonds is 5. The van der Waals surface area contributed by atoms with Gasteiger partial charge in [0.05, 0.1) is 0 Å². The van der Waals surface area contributed by atoms with Crippen LogP contribution in [0.1, 0.15) is 26.7 Å². The summed E-state index contributed by atoms with van der Waals surface area (Å²) in [6.45, 7) is 4.29. The summed E-state index contributed by atoms with van der Waals surface area (Å²) < 4.78 is 0. The van der Waals surface area contributed by atoms with Crippen molar-refractivity contribution < 1.29 is 0 Å². The summed E-state index contributed by atoms with van der Waals surface area (Å²) in [5.74, 6) is 0. The summed E-state index contributed by atoms with van der Waals surface area (Å²) in [7, 11) is 1.90. The number of hydrogen-bond acceptors (Lipinski definition) is 1. The van der Waals surface area contributed by atoms with E-state index in [1.807, 2.05) is 19.3 Å². The molecule has 0 bridgehead atoms. The van der Waals surface area contributed by atoms with Gasteiger partial charge in [0.1, 0.15) is 0 Å². The summed E-state index contributed by atoms with van der Waals surface area (Å²) in [6.07, 6.45) is 12.8. The predicted octanol–water partition coefficient (Wildman–Crippen LogP) is 3.02. The van der Waals surface area contributed by atoms with Crippen LogP contribution >= 0.6 is 0 Å². The van der Waals surface area contributed by atoms with E-state index in [-0.39, 0.29) is 0 Å². The van der Waals surface area contributed by atoms with Crippen molar-refractivity contribution in [2.24, 2.45) is 0 Å². The molecule has 0 saturated heterocycles. The predicted molar refractivity (Wildman–Crippen MR) is 56.0 cm³/mol. The first-order valence-electron chi connectivity index (χ1n) is 4.48. The maximum atomic E-state index is 2.94. The van der Waals surface area contributed by atoms with E-state index in [0.717, 1.165) is 0 Å². The van der Waals surface area contributed by atoms with Crippen molar-refractivity contribution in [1.29, 1.82) is 0 Å². The van der Waals surface area contributed by atoms with Crippen molar-refractivity contribution in [3.63, 3.8) is 0 Å². The Labute approximate surface area is 75.9 Å². The van der Waals surface area contributed by atoms with Gasteiger partial charge in [-0.2, -0.15) is 0 Å². The molecular formula is C11H19N. The molecule has 0 amide bonds. The molecule has 0 unspecified atom stereocenters. The van der Waals surface area contributed by atoms with Crippen LogP contribution in [0.2, 0.25) is 0 Å². The van der Waals surface area contributed by atoms with Crippen LogP contribution in [0.4, 0.5) is 0 Å². The molecule has 0 atom stereocenters. The van der Waals surface area contributed by atoms with Gasteiger partial charge in [0.2, 0.25) is 0 Å². The van der Waals surface area contributed by atoms with Gasteiger partial charge in [-0.25, -0.2) is 0 Å². The van der Waals surface area contributed by atoms with Gasteiger partial charge in [0, 0.05) is 7.05 Å². The summed E-state index contributed by atoms with van der Waals surface area (Å²) in [4.78, 5) is 0. The molecule has 68 valence electrons. The summed E-state index contributed by atoms with van der Waals surface area (Å²) >= 11 is 0. The van der Waals surface area contributed by atoms with Gasteiger partial charge in [-0.05, 0) is 25.6 Å². The highest BCUT2D eigenvalue weighted by Gasteiger charge is 1.77. The first kappa shape index (κ1) is 11.0. The van der Waals surface area contributed by atoms with E-state index in [4.69, 9.17) is 0 Å². The van der Waals surface area contributed by atoms with E-state index in [0.29, 0.717) is 0 Å². The lowest BCUT2D eigenvalue weighted by Crippen LogP contribution is -1.89. The second-order valence-electron chi connectivity index (χ2n) is 2.75. The van der Waals surface area contributed by atoms with Crippen molar-refractivity contribution in [2.75, 3.05) is 7.05 Å². The summed E-state index contributed by atoms with van der Waals surface area (Å²) in [5, 5.41) is 2.94. The monoisotopic (exact) mass is 165 g/mol. The zero-order valence-corrected chi connectivity index (χ0v) is 8.30. The standard InChI is InChI=1S/C11H19N/c1-4-5-6-8-11(2)9-7-10-12-3/h6-10,12H,4-5H2,1-3H3/b8-6-,10-7+,11-9-. The average molecular weight is 165 g/mol. The van der Waals surface area contributed by atoms with Crippen LogP contribution < -0.4 is 5.32 Å². The molecule has 0 spiro atoms. The molecule has 0 aliphatic heterocycles. The molecular weight excluding hydrogens is 146 g/mol. The molecule has 0 rings (SSSR count). The van der Waals surface area contributed by atoms with E-state index < -0.39 is 0 Å². The minimum Gasteiger partial charge on any atom is -0.394 e. The Bertz CT molecular complexity index is 175. The molecule has 0 aromatic carbocycles. The van der Waals surface area contributed by atoms with Gasteiger partial charge in [0.25, 0.3) is 0 Å². The Hall–Kier alpha value is -0.980. The van der Waals surface area contributed by atoms with Gasteiger partial charge < -0.3 is 5.32 Å². The first-order valence-corrected chi connectivity index (χ1v) is 4.48. The lowest BCUT2D eigenvalue weighted by atomic mass is 10.2. The molecule has 12 heavy (non-hydrogen) atoms. The Kier molecular flexibility index (Phi) is 7.46. The third kappa shape index (κ3) is 7.13. The molecule has 0 fully saturated rings. The molecule has 0 heterocycles. The largest absolute Gasteiger partial charge is 0.394 e. The second-order valence-corrected chi connectivity index (χ2v) is 2.75. The van der Waals surface area contributed by atoms with Crippen LogP contribution in [-0.2, 0) is 0 Å². The highest BCUT2D eigenvalue weighted by Crippen LogP contribution is 1.97. The average Bonchev–Trinajstić information content (AvgIpc) is 2.06. The quantitative estimate of drug-likeness (QED) is 0.617. The molecule has 0 aliphatic rings. The van der Waals surface area contributed by atoms with Crippen LogP contribution in [0.3, 0.4) is 0 Å². The zero-order valence-electron chi connectivity index (χ0n) is 8.30. The number of nitrogens with one attached hydrogen (secondary N) is 1. The molecule has 0 aliphatic carbocycles. The Morgan fingerprint density at radius 1 is 1.42 bits per heavy atom. The zero-order chi connectivity index (χ0) is 9.23. The minimum absolute atomic E-state index is 1.17. The third-order valence-corrected chi connectivity index (χ3v) is 1.46. The lowest BCUT2D eigenvalue weighted by molar-refractivity contribution is 0.957. The SMILES string of the molecule is CCC\C=C/C(C)=C\C=C\NC. The van der Waals surface area contributed by atoms with Crippen molar-refractivity contribution in [2.45, 2.75) is 26.7 Å². The van der Waals surface area contributed by atoms with Crippen molar-refractivity contribution in [1.82, 2.24) is 5.32 Å². The molecule has 1 heteroatoms. The lowest BCUT2D eigenvalue weighted by Gasteiger charge is -1.88. The van der Waals surface area contributed by atoms with Crippen molar-refractivity contribution >= 4 is 0 Å². The normalized spacial score (nSPS) is 13.1. The number of hydrogen-bond donors (Lipinski definition) is 1. The fourth-order valence-electron chi connectivity index (χ4n) is 0.788. The van der Waals surface area contributed by atoms with E-state index in [1.54, 1.807) is 0 Å². The molecule has 1 nitrogen and oxygen atoms in total. The Morgan fingerprint density at radius 2 is 2.17 bits per heavy atom. The number of unbranched alkanes of at least 4 members (excludes halogenated alkanes) is 1. The second kappa shape index (κ2) is 8.12. The first-order chi connectivity index (χ1) is 5.81. The molecule has 0 radical (unpaired) electrons. The number of allylic oxidation sites excluding steroid dienone is 5. The van der Waals surface area contributed by atoms with Gasteiger partial charge in [-0.15, -0.1) is 0 Å². The Morgan fingerprint density at radius 3 is 2.75 bits per heavy atom. The molecule has 0 aromatic heterocycles. The topological polar surface area (TPSA) is 12.0 Å².